The van der Waals surface area contributed by atoms with Crippen LogP contribution in [0.15, 0.2) is 0 Å². The van der Waals surface area contributed by atoms with E-state index in [2.05, 4.69) is 6.92 Å². The Balaban J connectivity index is 3.09. The summed E-state index contributed by atoms with van der Waals surface area (Å²) in [5, 5.41) is 18.3. The molecule has 0 aromatic heterocycles. The first-order chi connectivity index (χ1) is 8.12. The van der Waals surface area contributed by atoms with Gasteiger partial charge in [-0.3, -0.25) is 0 Å². The molecule has 0 saturated heterocycles. The topological polar surface area (TPSA) is 49.7 Å². The van der Waals surface area contributed by atoms with Gasteiger partial charge in [0.15, 0.2) is 0 Å². The van der Waals surface area contributed by atoms with Crippen LogP contribution in [0.2, 0.25) is 0 Å². The third kappa shape index (κ3) is 12.1. The predicted octanol–water partition coefficient (Wildman–Crippen LogP) is 2.89. The van der Waals surface area contributed by atoms with Crippen molar-refractivity contribution in [3.8, 4) is 0 Å². The van der Waals surface area contributed by atoms with Gasteiger partial charge >= 0.3 is 0 Å². The highest BCUT2D eigenvalue weighted by atomic mass is 16.5. The highest BCUT2D eigenvalue weighted by molar-refractivity contribution is 4.69. The van der Waals surface area contributed by atoms with Crippen LogP contribution >= 0.6 is 0 Å². The van der Waals surface area contributed by atoms with E-state index in [4.69, 9.17) is 9.84 Å². The lowest BCUT2D eigenvalue weighted by Gasteiger charge is -2.19. The Hall–Kier alpha value is -0.120. The first-order valence-corrected chi connectivity index (χ1v) is 7.03. The summed E-state index contributed by atoms with van der Waals surface area (Å²) < 4.78 is 5.43. The van der Waals surface area contributed by atoms with Crippen LogP contribution in [0.5, 0.6) is 0 Å². The third-order valence-electron chi connectivity index (χ3n) is 3.02. The summed E-state index contributed by atoms with van der Waals surface area (Å²) in [6, 6.07) is 0. The summed E-state index contributed by atoms with van der Waals surface area (Å²) in [5.74, 6) is 0. The van der Waals surface area contributed by atoms with E-state index in [0.717, 1.165) is 13.0 Å². The normalized spacial score (nSPS) is 14.8. The standard InChI is InChI=1S/C14H30O3/c1-3-4-5-6-7-8-9-11-17-12-10-14(2,16)13-15/h15-16H,3-13H2,1-2H3. The molecule has 0 fully saturated rings. The second-order valence-electron chi connectivity index (χ2n) is 5.14. The van der Waals surface area contributed by atoms with E-state index in [9.17, 15) is 5.11 Å². The monoisotopic (exact) mass is 246 g/mol. The van der Waals surface area contributed by atoms with Gasteiger partial charge in [0.1, 0.15) is 0 Å². The van der Waals surface area contributed by atoms with Crippen molar-refractivity contribution in [2.75, 3.05) is 19.8 Å². The summed E-state index contributed by atoms with van der Waals surface area (Å²) in [6.45, 7) is 4.96. The molecule has 0 heterocycles. The van der Waals surface area contributed by atoms with Crippen molar-refractivity contribution in [2.24, 2.45) is 0 Å². The molecule has 0 rings (SSSR count). The molecule has 3 nitrogen and oxygen atoms in total. The van der Waals surface area contributed by atoms with Gasteiger partial charge in [-0.1, -0.05) is 45.4 Å². The Morgan fingerprint density at radius 3 is 2.12 bits per heavy atom. The molecule has 104 valence electrons. The van der Waals surface area contributed by atoms with Gasteiger partial charge in [0.25, 0.3) is 0 Å². The molecule has 3 heteroatoms. The van der Waals surface area contributed by atoms with Crippen molar-refractivity contribution < 1.29 is 14.9 Å². The minimum atomic E-state index is -0.986. The number of hydrogen-bond donors (Lipinski definition) is 2. The van der Waals surface area contributed by atoms with Crippen molar-refractivity contribution in [2.45, 2.75) is 70.8 Å². The number of hydrogen-bond acceptors (Lipinski definition) is 3. The Morgan fingerprint density at radius 2 is 1.53 bits per heavy atom. The van der Waals surface area contributed by atoms with Crippen molar-refractivity contribution in [3.63, 3.8) is 0 Å². The van der Waals surface area contributed by atoms with Crippen LogP contribution in [0.25, 0.3) is 0 Å². The summed E-state index contributed by atoms with van der Waals surface area (Å²) in [6.07, 6.45) is 9.50. The maximum atomic E-state index is 9.52. The highest BCUT2D eigenvalue weighted by Crippen LogP contribution is 2.09. The molecule has 0 radical (unpaired) electrons. The molecular formula is C14H30O3. The fraction of sp³-hybridized carbons (Fsp3) is 1.00. The van der Waals surface area contributed by atoms with E-state index >= 15 is 0 Å². The summed E-state index contributed by atoms with van der Waals surface area (Å²) >= 11 is 0. The minimum Gasteiger partial charge on any atom is -0.393 e. The molecule has 0 bridgehead atoms. The van der Waals surface area contributed by atoms with Crippen molar-refractivity contribution >= 4 is 0 Å². The lowest BCUT2D eigenvalue weighted by Crippen LogP contribution is -2.30. The van der Waals surface area contributed by atoms with Gasteiger partial charge < -0.3 is 14.9 Å². The molecular weight excluding hydrogens is 216 g/mol. The molecule has 1 atom stereocenters. The average Bonchev–Trinajstić information content (AvgIpc) is 2.31. The SMILES string of the molecule is CCCCCCCCCOCCC(C)(O)CO. The van der Waals surface area contributed by atoms with Crippen LogP contribution < -0.4 is 0 Å². The molecule has 0 amide bonds. The van der Waals surface area contributed by atoms with Crippen LogP contribution in [0.1, 0.15) is 65.2 Å². The van der Waals surface area contributed by atoms with Crippen molar-refractivity contribution in [3.05, 3.63) is 0 Å². The van der Waals surface area contributed by atoms with Crippen molar-refractivity contribution in [1.82, 2.24) is 0 Å². The molecule has 0 spiro atoms. The van der Waals surface area contributed by atoms with Crippen LogP contribution in [-0.4, -0.2) is 35.6 Å². The van der Waals surface area contributed by atoms with E-state index in [1.54, 1.807) is 6.92 Å². The molecule has 0 saturated carbocycles. The zero-order valence-electron chi connectivity index (χ0n) is 11.6. The average molecular weight is 246 g/mol. The second-order valence-corrected chi connectivity index (χ2v) is 5.14. The lowest BCUT2D eigenvalue weighted by molar-refractivity contribution is -0.0269. The number of unbranched alkanes of at least 4 members (excludes halogenated alkanes) is 6. The Morgan fingerprint density at radius 1 is 0.941 bits per heavy atom. The lowest BCUT2D eigenvalue weighted by atomic mass is 10.1. The van der Waals surface area contributed by atoms with Gasteiger partial charge in [-0.15, -0.1) is 0 Å². The smallest absolute Gasteiger partial charge is 0.0871 e. The van der Waals surface area contributed by atoms with E-state index in [1.807, 2.05) is 0 Å². The Bertz CT molecular complexity index is 158. The molecule has 0 aromatic carbocycles. The maximum Gasteiger partial charge on any atom is 0.0871 e. The zero-order valence-corrected chi connectivity index (χ0v) is 11.6. The number of rotatable bonds is 12. The molecule has 0 aliphatic rings. The van der Waals surface area contributed by atoms with Gasteiger partial charge in [-0.05, 0) is 13.3 Å². The molecule has 17 heavy (non-hydrogen) atoms. The van der Waals surface area contributed by atoms with Gasteiger partial charge in [-0.25, -0.2) is 0 Å². The van der Waals surface area contributed by atoms with Crippen LogP contribution in [0.4, 0.5) is 0 Å². The van der Waals surface area contributed by atoms with Gasteiger partial charge in [-0.2, -0.15) is 0 Å². The highest BCUT2D eigenvalue weighted by Gasteiger charge is 2.17. The molecule has 2 N–H and O–H groups in total. The quantitative estimate of drug-likeness (QED) is 0.521. The Labute approximate surface area is 106 Å². The number of ether oxygens (including phenoxy) is 1. The van der Waals surface area contributed by atoms with Crippen LogP contribution in [0.3, 0.4) is 0 Å². The zero-order chi connectivity index (χ0) is 13.0. The van der Waals surface area contributed by atoms with Crippen LogP contribution in [-0.2, 0) is 4.74 Å². The summed E-state index contributed by atoms with van der Waals surface area (Å²) in [7, 11) is 0. The fourth-order valence-corrected chi connectivity index (χ4v) is 1.63. The molecule has 0 aliphatic heterocycles. The first kappa shape index (κ1) is 16.9. The fourth-order valence-electron chi connectivity index (χ4n) is 1.63. The van der Waals surface area contributed by atoms with Gasteiger partial charge in [0.05, 0.1) is 12.2 Å². The van der Waals surface area contributed by atoms with E-state index in [0.29, 0.717) is 13.0 Å². The molecule has 0 aromatic rings. The second kappa shape index (κ2) is 11.0. The minimum absolute atomic E-state index is 0.201. The largest absolute Gasteiger partial charge is 0.393 e. The Kier molecular flexibility index (Phi) is 10.9. The summed E-state index contributed by atoms with van der Waals surface area (Å²) in [5.41, 5.74) is -0.986. The van der Waals surface area contributed by atoms with Gasteiger partial charge in [0.2, 0.25) is 0 Å². The van der Waals surface area contributed by atoms with Gasteiger partial charge in [0, 0.05) is 19.6 Å². The van der Waals surface area contributed by atoms with Crippen molar-refractivity contribution in [1.29, 1.82) is 0 Å². The molecule has 1 unspecified atom stereocenters. The van der Waals surface area contributed by atoms with Crippen LogP contribution in [0, 0.1) is 0 Å². The summed E-state index contributed by atoms with van der Waals surface area (Å²) in [4.78, 5) is 0. The van der Waals surface area contributed by atoms with E-state index in [-0.39, 0.29) is 6.61 Å². The number of aliphatic hydroxyl groups is 2. The van der Waals surface area contributed by atoms with E-state index < -0.39 is 5.60 Å². The predicted molar refractivity (Wildman–Crippen MR) is 71.1 cm³/mol. The van der Waals surface area contributed by atoms with E-state index in [1.165, 1.54) is 38.5 Å². The molecule has 0 aliphatic carbocycles. The third-order valence-corrected chi connectivity index (χ3v) is 3.02. The number of aliphatic hydroxyl groups excluding tert-OH is 1. The maximum absolute atomic E-state index is 9.52. The first-order valence-electron chi connectivity index (χ1n) is 7.03.